The number of aryl methyl sites for hydroxylation is 1. The molecule has 3 aromatic heterocycles. The van der Waals surface area contributed by atoms with Crippen molar-refractivity contribution in [2.45, 2.75) is 6.92 Å². The highest BCUT2D eigenvalue weighted by Crippen LogP contribution is 2.27. The van der Waals surface area contributed by atoms with Gasteiger partial charge in [-0.15, -0.1) is 10.2 Å². The van der Waals surface area contributed by atoms with E-state index in [1.165, 1.54) is 12.1 Å². The highest BCUT2D eigenvalue weighted by atomic mass is 16.6. The SMILES string of the molecule is Cc1c2nc(-c3cccc([N+](=O)[O-])c3)oc2nc2nncn12. The summed E-state index contributed by atoms with van der Waals surface area (Å²) in [5.74, 6) is 0.683. The van der Waals surface area contributed by atoms with Crippen LogP contribution in [0.15, 0.2) is 35.0 Å². The Kier molecular flexibility index (Phi) is 2.43. The molecule has 3 heterocycles. The van der Waals surface area contributed by atoms with E-state index in [1.807, 2.05) is 6.92 Å². The standard InChI is InChI=1S/C13H8N6O3/c1-7-10-12(16-13-17-14-6-18(7)13)22-11(15-10)8-3-2-4-9(5-8)19(20)21/h2-6H,1H3. The van der Waals surface area contributed by atoms with E-state index in [0.29, 0.717) is 22.6 Å². The molecule has 0 amide bonds. The van der Waals surface area contributed by atoms with Crippen LogP contribution < -0.4 is 0 Å². The third kappa shape index (κ3) is 1.72. The summed E-state index contributed by atoms with van der Waals surface area (Å²) in [6, 6.07) is 6.10. The predicted molar refractivity (Wildman–Crippen MR) is 75.2 cm³/mol. The fraction of sp³-hybridized carbons (Fsp3) is 0.0769. The molecule has 0 aliphatic rings. The number of non-ortho nitro benzene ring substituents is 1. The number of hydrogen-bond acceptors (Lipinski definition) is 7. The molecule has 0 spiro atoms. The van der Waals surface area contributed by atoms with Crippen LogP contribution in [0.25, 0.3) is 28.5 Å². The molecule has 22 heavy (non-hydrogen) atoms. The molecule has 4 rings (SSSR count). The van der Waals surface area contributed by atoms with Crippen LogP contribution in [-0.4, -0.2) is 29.5 Å². The molecule has 9 heteroatoms. The van der Waals surface area contributed by atoms with Crippen molar-refractivity contribution in [2.24, 2.45) is 0 Å². The molecule has 0 saturated heterocycles. The number of nitrogens with zero attached hydrogens (tertiary/aromatic N) is 6. The van der Waals surface area contributed by atoms with Crippen LogP contribution in [0, 0.1) is 17.0 Å². The lowest BCUT2D eigenvalue weighted by Gasteiger charge is -1.95. The first-order chi connectivity index (χ1) is 10.6. The first kappa shape index (κ1) is 12.4. The van der Waals surface area contributed by atoms with Gasteiger partial charge in [-0.25, -0.2) is 4.98 Å². The summed E-state index contributed by atoms with van der Waals surface area (Å²) in [6.45, 7) is 1.85. The largest absolute Gasteiger partial charge is 0.417 e. The van der Waals surface area contributed by atoms with E-state index >= 15 is 0 Å². The molecule has 4 aromatic rings. The van der Waals surface area contributed by atoms with Gasteiger partial charge in [-0.3, -0.25) is 14.5 Å². The van der Waals surface area contributed by atoms with Crippen molar-refractivity contribution in [3.05, 3.63) is 46.4 Å². The van der Waals surface area contributed by atoms with Crippen LogP contribution in [0.5, 0.6) is 0 Å². The molecule has 0 saturated carbocycles. The first-order valence-electron chi connectivity index (χ1n) is 6.35. The third-order valence-electron chi connectivity index (χ3n) is 3.35. The van der Waals surface area contributed by atoms with E-state index in [4.69, 9.17) is 4.42 Å². The van der Waals surface area contributed by atoms with Crippen molar-refractivity contribution < 1.29 is 9.34 Å². The average molecular weight is 296 g/mol. The molecule has 0 unspecified atom stereocenters. The van der Waals surface area contributed by atoms with Crippen LogP contribution in [0.2, 0.25) is 0 Å². The molecule has 0 aliphatic carbocycles. The van der Waals surface area contributed by atoms with Crippen LogP contribution in [0.4, 0.5) is 5.69 Å². The minimum absolute atomic E-state index is 0.0246. The second kappa shape index (κ2) is 4.32. The lowest BCUT2D eigenvalue weighted by Crippen LogP contribution is -1.94. The van der Waals surface area contributed by atoms with E-state index in [0.717, 1.165) is 5.69 Å². The molecule has 0 bridgehead atoms. The van der Waals surface area contributed by atoms with E-state index < -0.39 is 4.92 Å². The van der Waals surface area contributed by atoms with Gasteiger partial charge in [0.1, 0.15) is 11.8 Å². The smallest absolute Gasteiger partial charge is 0.270 e. The fourth-order valence-electron chi connectivity index (χ4n) is 2.25. The zero-order chi connectivity index (χ0) is 15.3. The Bertz CT molecular complexity index is 1030. The number of nitro benzene ring substituents is 1. The molecule has 1 aromatic carbocycles. The van der Waals surface area contributed by atoms with E-state index in [9.17, 15) is 10.1 Å². The highest BCUT2D eigenvalue weighted by Gasteiger charge is 2.16. The van der Waals surface area contributed by atoms with Gasteiger partial charge in [0, 0.05) is 17.7 Å². The summed E-state index contributed by atoms with van der Waals surface area (Å²) in [5.41, 5.74) is 2.16. The lowest BCUT2D eigenvalue weighted by molar-refractivity contribution is -0.384. The average Bonchev–Trinajstić information content (AvgIpc) is 3.14. The van der Waals surface area contributed by atoms with E-state index in [1.54, 1.807) is 22.9 Å². The van der Waals surface area contributed by atoms with Crippen molar-refractivity contribution in [1.82, 2.24) is 24.6 Å². The minimum atomic E-state index is -0.463. The minimum Gasteiger partial charge on any atom is -0.417 e. The third-order valence-corrected chi connectivity index (χ3v) is 3.35. The van der Waals surface area contributed by atoms with E-state index in [2.05, 4.69) is 20.2 Å². The van der Waals surface area contributed by atoms with E-state index in [-0.39, 0.29) is 11.6 Å². The van der Waals surface area contributed by atoms with Gasteiger partial charge >= 0.3 is 0 Å². The van der Waals surface area contributed by atoms with Crippen LogP contribution in [-0.2, 0) is 0 Å². The normalized spacial score (nSPS) is 11.3. The second-order valence-corrected chi connectivity index (χ2v) is 4.68. The number of hydrogen-bond donors (Lipinski definition) is 0. The predicted octanol–water partition coefficient (Wildman–Crippen LogP) is 2.15. The molecule has 0 N–H and O–H groups in total. The Balaban J connectivity index is 1.94. The maximum atomic E-state index is 10.9. The molecular weight excluding hydrogens is 288 g/mol. The van der Waals surface area contributed by atoms with Gasteiger partial charge in [0.05, 0.1) is 10.6 Å². The topological polar surface area (TPSA) is 112 Å². The molecule has 0 atom stereocenters. The molecular formula is C13H8N6O3. The Morgan fingerprint density at radius 3 is 3.00 bits per heavy atom. The monoisotopic (exact) mass is 296 g/mol. The molecule has 108 valence electrons. The van der Waals surface area contributed by atoms with Gasteiger partial charge in [-0.2, -0.15) is 4.98 Å². The Morgan fingerprint density at radius 2 is 2.18 bits per heavy atom. The molecule has 0 fully saturated rings. The van der Waals surface area contributed by atoms with Gasteiger partial charge in [0.2, 0.25) is 5.89 Å². The van der Waals surface area contributed by atoms with Crippen molar-refractivity contribution in [1.29, 1.82) is 0 Å². The number of rotatable bonds is 2. The number of aromatic nitrogens is 5. The van der Waals surface area contributed by atoms with Crippen molar-refractivity contribution in [2.75, 3.05) is 0 Å². The number of benzene rings is 1. The summed E-state index contributed by atoms with van der Waals surface area (Å²) < 4.78 is 7.32. The lowest BCUT2D eigenvalue weighted by atomic mass is 10.2. The summed E-state index contributed by atoms with van der Waals surface area (Å²) in [5, 5.41) is 18.5. The number of oxazole rings is 1. The summed E-state index contributed by atoms with van der Waals surface area (Å²) in [4.78, 5) is 19.0. The van der Waals surface area contributed by atoms with Crippen LogP contribution >= 0.6 is 0 Å². The molecule has 9 nitrogen and oxygen atoms in total. The Morgan fingerprint density at radius 1 is 1.32 bits per heavy atom. The van der Waals surface area contributed by atoms with Crippen molar-refractivity contribution >= 4 is 22.7 Å². The van der Waals surface area contributed by atoms with Gasteiger partial charge < -0.3 is 4.42 Å². The van der Waals surface area contributed by atoms with Gasteiger partial charge in [-0.1, -0.05) is 6.07 Å². The zero-order valence-corrected chi connectivity index (χ0v) is 11.3. The quantitative estimate of drug-likeness (QED) is 0.411. The van der Waals surface area contributed by atoms with Crippen molar-refractivity contribution in [3.8, 4) is 11.5 Å². The summed E-state index contributed by atoms with van der Waals surface area (Å²) in [6.07, 6.45) is 1.54. The molecule has 0 radical (unpaired) electrons. The van der Waals surface area contributed by atoms with Crippen LogP contribution in [0.3, 0.4) is 0 Å². The Labute approximate surface area is 122 Å². The summed E-state index contributed by atoms with van der Waals surface area (Å²) in [7, 11) is 0. The Hall–Kier alpha value is -3.36. The number of fused-ring (bicyclic) bond motifs is 2. The van der Waals surface area contributed by atoms with Gasteiger partial charge in [0.25, 0.3) is 17.2 Å². The number of nitro groups is 1. The maximum absolute atomic E-state index is 10.9. The maximum Gasteiger partial charge on any atom is 0.270 e. The highest BCUT2D eigenvalue weighted by molar-refractivity contribution is 5.76. The fourth-order valence-corrected chi connectivity index (χ4v) is 2.25. The van der Waals surface area contributed by atoms with Crippen LogP contribution in [0.1, 0.15) is 5.69 Å². The molecule has 0 aliphatic heterocycles. The van der Waals surface area contributed by atoms with Crippen molar-refractivity contribution in [3.63, 3.8) is 0 Å². The van der Waals surface area contributed by atoms with Gasteiger partial charge in [0.15, 0.2) is 0 Å². The summed E-state index contributed by atoms with van der Waals surface area (Å²) >= 11 is 0. The van der Waals surface area contributed by atoms with Gasteiger partial charge in [-0.05, 0) is 13.0 Å². The zero-order valence-electron chi connectivity index (χ0n) is 11.3. The first-order valence-corrected chi connectivity index (χ1v) is 6.35. The second-order valence-electron chi connectivity index (χ2n) is 4.68.